The minimum atomic E-state index is -2.86. The summed E-state index contributed by atoms with van der Waals surface area (Å²) in [4.78, 5) is 23.7. The Kier molecular flexibility index (Phi) is 6.09. The number of hydrogen-bond acceptors (Lipinski definition) is 7. The number of H-pyrrole nitrogens is 1. The number of nitrogens with zero attached hydrogens (tertiary/aromatic N) is 5. The van der Waals surface area contributed by atoms with Crippen LogP contribution in [-0.2, 0) is 4.74 Å². The van der Waals surface area contributed by atoms with Gasteiger partial charge in [0.25, 0.3) is 0 Å². The maximum absolute atomic E-state index is 13.0. The first kappa shape index (κ1) is 22.1. The van der Waals surface area contributed by atoms with Crippen molar-refractivity contribution in [3.8, 4) is 0 Å². The highest BCUT2D eigenvalue weighted by atomic mass is 19.3. The molecular formula is C19H24F3N7O3. The number of carbonyl (C=O) groups is 1. The molecule has 0 bridgehead atoms. The largest absolute Gasteiger partial charge is 0.465 e. The first-order valence-corrected chi connectivity index (χ1v) is 10.2. The van der Waals surface area contributed by atoms with Crippen LogP contribution in [0, 0.1) is 12.8 Å². The highest BCUT2D eigenvalue weighted by Gasteiger charge is 2.57. The van der Waals surface area contributed by atoms with E-state index in [4.69, 9.17) is 4.74 Å². The molecule has 10 nitrogen and oxygen atoms in total. The number of amides is 1. The summed E-state index contributed by atoms with van der Waals surface area (Å²) in [6.45, 7) is 0.737. The molecule has 2 aromatic rings. The molecular weight excluding hydrogens is 431 g/mol. The highest BCUT2D eigenvalue weighted by molar-refractivity contribution is 5.67. The minimum Gasteiger partial charge on any atom is -0.465 e. The number of halogens is 3. The van der Waals surface area contributed by atoms with Gasteiger partial charge in [0.1, 0.15) is 17.2 Å². The summed E-state index contributed by atoms with van der Waals surface area (Å²) in [7, 11) is 0. The van der Waals surface area contributed by atoms with Gasteiger partial charge in [0.15, 0.2) is 0 Å². The molecule has 174 valence electrons. The summed E-state index contributed by atoms with van der Waals surface area (Å²) < 4.78 is 44.9. The minimum absolute atomic E-state index is 0.205. The van der Waals surface area contributed by atoms with Crippen LogP contribution in [0.25, 0.3) is 0 Å². The van der Waals surface area contributed by atoms with Crippen LogP contribution in [-0.4, -0.2) is 87.2 Å². The number of rotatable bonds is 8. The second-order valence-corrected chi connectivity index (χ2v) is 8.04. The van der Waals surface area contributed by atoms with Gasteiger partial charge >= 0.3 is 6.09 Å². The molecule has 2 aromatic heterocycles. The monoisotopic (exact) mass is 455 g/mol. The molecule has 3 atom stereocenters. The van der Waals surface area contributed by atoms with Gasteiger partial charge in [-0.15, -0.1) is 0 Å². The summed E-state index contributed by atoms with van der Waals surface area (Å²) >= 11 is 0. The molecule has 4 rings (SSSR count). The number of likely N-dealkylation sites (tertiary alicyclic amines) is 1. The third-order valence-electron chi connectivity index (χ3n) is 5.89. The highest BCUT2D eigenvalue weighted by Crippen LogP contribution is 2.40. The molecule has 0 saturated carbocycles. The van der Waals surface area contributed by atoms with E-state index in [0.717, 1.165) is 0 Å². The molecule has 2 fully saturated rings. The molecule has 0 radical (unpaired) electrons. The quantitative estimate of drug-likeness (QED) is 0.555. The first-order chi connectivity index (χ1) is 15.3. The average Bonchev–Trinajstić information content (AvgIpc) is 3.43. The van der Waals surface area contributed by atoms with E-state index in [-0.39, 0.29) is 19.6 Å². The molecule has 13 heteroatoms. The van der Waals surface area contributed by atoms with E-state index in [9.17, 15) is 23.1 Å². The van der Waals surface area contributed by atoms with Crippen LogP contribution >= 0.6 is 0 Å². The maximum atomic E-state index is 13.0. The summed E-state index contributed by atoms with van der Waals surface area (Å²) in [5.41, 5.74) is -0.362. The number of aryl methyl sites for hydroxylation is 1. The Labute approximate surface area is 181 Å². The molecule has 2 saturated heterocycles. The summed E-state index contributed by atoms with van der Waals surface area (Å²) in [6, 6.07) is 2.87. The summed E-state index contributed by atoms with van der Waals surface area (Å²) in [6.07, 6.45) is -2.08. The van der Waals surface area contributed by atoms with Crippen LogP contribution < -0.4 is 10.2 Å². The number of aromatic nitrogens is 4. The summed E-state index contributed by atoms with van der Waals surface area (Å²) in [5.74, 6) is -0.0634. The zero-order valence-corrected chi connectivity index (χ0v) is 17.3. The lowest BCUT2D eigenvalue weighted by atomic mass is 9.97. The Hall–Kier alpha value is -3.09. The van der Waals surface area contributed by atoms with Crippen LogP contribution in [0.4, 0.5) is 35.5 Å². The van der Waals surface area contributed by atoms with E-state index in [1.165, 1.54) is 4.90 Å². The van der Waals surface area contributed by atoms with Gasteiger partial charge < -0.3 is 25.0 Å². The second kappa shape index (κ2) is 8.81. The lowest BCUT2D eigenvalue weighted by Crippen LogP contribution is -2.48. The van der Waals surface area contributed by atoms with Crippen molar-refractivity contribution in [2.75, 3.05) is 43.1 Å². The molecule has 0 aromatic carbocycles. The van der Waals surface area contributed by atoms with Crippen molar-refractivity contribution >= 4 is 23.7 Å². The van der Waals surface area contributed by atoms with Gasteiger partial charge in [0.2, 0.25) is 12.4 Å². The van der Waals surface area contributed by atoms with E-state index < -0.39 is 43.4 Å². The number of hydrogen-bond donors (Lipinski definition) is 3. The number of fused-ring (bicyclic) bond motifs is 1. The Morgan fingerprint density at radius 2 is 2.28 bits per heavy atom. The van der Waals surface area contributed by atoms with Crippen molar-refractivity contribution in [1.29, 1.82) is 0 Å². The number of ether oxygens (including phenoxy) is 1. The fraction of sp³-hybridized carbons (Fsp3) is 0.579. The zero-order valence-electron chi connectivity index (χ0n) is 17.3. The number of alkyl halides is 3. The van der Waals surface area contributed by atoms with E-state index in [2.05, 4.69) is 25.5 Å². The third kappa shape index (κ3) is 4.29. The van der Waals surface area contributed by atoms with Gasteiger partial charge in [0.05, 0.1) is 38.0 Å². The maximum Gasteiger partial charge on any atom is 0.407 e. The van der Waals surface area contributed by atoms with Crippen molar-refractivity contribution < 1.29 is 27.8 Å². The lowest BCUT2D eigenvalue weighted by Gasteiger charge is -2.31. The Morgan fingerprint density at radius 3 is 2.94 bits per heavy atom. The van der Waals surface area contributed by atoms with Gasteiger partial charge in [-0.2, -0.15) is 10.1 Å². The second-order valence-electron chi connectivity index (χ2n) is 8.04. The van der Waals surface area contributed by atoms with E-state index >= 15 is 0 Å². The van der Waals surface area contributed by atoms with Crippen molar-refractivity contribution in [3.05, 3.63) is 24.0 Å². The molecule has 1 unspecified atom stereocenters. The van der Waals surface area contributed by atoms with Crippen LogP contribution in [0.2, 0.25) is 0 Å². The molecule has 0 spiro atoms. The van der Waals surface area contributed by atoms with E-state index in [1.54, 1.807) is 30.2 Å². The standard InChI is InChI=1S/C19H24F3N7O3/c1-11-6-15(25-14-2-4-23-27-14)26-17(24-11)28-8-13-19(10-28,3-5-29(13)18(30)31)32-9-12(7-20)16(21)22/h2,4,6,12-13,16H,3,5,7-10H2,1H3,(H,30,31)(H2,23,24,25,26,27)/t12?,13-,19-/m1/s1. The topological polar surface area (TPSA) is 120 Å². The fourth-order valence-corrected chi connectivity index (χ4v) is 4.24. The van der Waals surface area contributed by atoms with Crippen LogP contribution in [0.1, 0.15) is 12.1 Å². The summed E-state index contributed by atoms with van der Waals surface area (Å²) in [5, 5.41) is 19.3. The van der Waals surface area contributed by atoms with Crippen molar-refractivity contribution in [3.63, 3.8) is 0 Å². The number of anilines is 3. The smallest absolute Gasteiger partial charge is 0.407 e. The molecule has 1 amide bonds. The van der Waals surface area contributed by atoms with Gasteiger partial charge in [-0.1, -0.05) is 0 Å². The Balaban J connectivity index is 1.57. The van der Waals surface area contributed by atoms with Crippen molar-refractivity contribution in [1.82, 2.24) is 25.1 Å². The number of aromatic amines is 1. The van der Waals surface area contributed by atoms with Gasteiger partial charge in [-0.05, 0) is 13.3 Å². The van der Waals surface area contributed by atoms with Crippen LogP contribution in [0.15, 0.2) is 18.3 Å². The van der Waals surface area contributed by atoms with Crippen molar-refractivity contribution in [2.24, 2.45) is 5.92 Å². The zero-order chi connectivity index (χ0) is 22.9. The molecule has 2 aliphatic heterocycles. The number of nitrogens with one attached hydrogen (secondary N) is 2. The SMILES string of the molecule is Cc1cc(Nc2ccn[nH]2)nc(N2C[C@H]3N(C(=O)O)CC[C@@]3(OCC(CF)C(F)F)C2)n1. The molecule has 4 heterocycles. The normalized spacial score (nSPS) is 23.6. The first-order valence-electron chi connectivity index (χ1n) is 10.2. The molecule has 2 aliphatic rings. The fourth-order valence-electron chi connectivity index (χ4n) is 4.24. The van der Waals surface area contributed by atoms with Gasteiger partial charge in [-0.3, -0.25) is 9.49 Å². The van der Waals surface area contributed by atoms with Gasteiger partial charge in [-0.25, -0.2) is 18.6 Å². The van der Waals surface area contributed by atoms with E-state index in [0.29, 0.717) is 29.7 Å². The molecule has 3 N–H and O–H groups in total. The van der Waals surface area contributed by atoms with Crippen LogP contribution in [0.5, 0.6) is 0 Å². The van der Waals surface area contributed by atoms with Crippen molar-refractivity contribution in [2.45, 2.75) is 31.4 Å². The van der Waals surface area contributed by atoms with Gasteiger partial charge in [0, 0.05) is 30.9 Å². The predicted octanol–water partition coefficient (Wildman–Crippen LogP) is 2.43. The molecule has 0 aliphatic carbocycles. The third-order valence-corrected chi connectivity index (χ3v) is 5.89. The number of carboxylic acid groups (broad SMARTS) is 1. The Bertz CT molecular complexity index is 948. The van der Waals surface area contributed by atoms with Crippen LogP contribution in [0.3, 0.4) is 0 Å². The van der Waals surface area contributed by atoms with E-state index in [1.807, 2.05) is 0 Å². The average molecular weight is 455 g/mol. The predicted molar refractivity (Wildman–Crippen MR) is 108 cm³/mol. The lowest BCUT2D eigenvalue weighted by molar-refractivity contribution is -0.0836. The Morgan fingerprint density at radius 1 is 1.47 bits per heavy atom. The molecule has 32 heavy (non-hydrogen) atoms.